The summed E-state index contributed by atoms with van der Waals surface area (Å²) in [5.41, 5.74) is 2.38. The molecule has 2 saturated heterocycles. The summed E-state index contributed by atoms with van der Waals surface area (Å²) in [6.07, 6.45) is 3.99. The predicted molar refractivity (Wildman–Crippen MR) is 91.7 cm³/mol. The number of fused-ring (bicyclic) bond motifs is 2. The van der Waals surface area contributed by atoms with Crippen molar-refractivity contribution < 1.29 is 9.47 Å². The summed E-state index contributed by atoms with van der Waals surface area (Å²) in [6, 6.07) is 9.33. The summed E-state index contributed by atoms with van der Waals surface area (Å²) >= 11 is 0. The molecule has 3 aliphatic rings. The smallest absolute Gasteiger partial charge is 0.118 e. The van der Waals surface area contributed by atoms with E-state index in [1.807, 2.05) is 0 Å². The van der Waals surface area contributed by atoms with Gasteiger partial charge in [-0.1, -0.05) is 32.9 Å². The van der Waals surface area contributed by atoms with Crippen molar-refractivity contribution >= 4 is 0 Å². The Balaban J connectivity index is 1.67. The number of rotatable bonds is 3. The molecule has 0 N–H and O–H groups in total. The maximum Gasteiger partial charge on any atom is 0.118 e. The van der Waals surface area contributed by atoms with Crippen LogP contribution in [0.1, 0.15) is 45.6 Å². The number of likely N-dealkylation sites (tertiary alicyclic amines) is 1. The van der Waals surface area contributed by atoms with Crippen molar-refractivity contribution in [2.75, 3.05) is 26.9 Å². The highest BCUT2D eigenvalue weighted by molar-refractivity contribution is 5.34. The lowest BCUT2D eigenvalue weighted by molar-refractivity contribution is -0.153. The third-order valence-corrected chi connectivity index (χ3v) is 6.27. The topological polar surface area (TPSA) is 21.7 Å². The molecule has 2 atom stereocenters. The van der Waals surface area contributed by atoms with Gasteiger partial charge in [0.2, 0.25) is 0 Å². The lowest BCUT2D eigenvalue weighted by Gasteiger charge is -2.51. The lowest BCUT2D eigenvalue weighted by Crippen LogP contribution is -2.61. The van der Waals surface area contributed by atoms with E-state index < -0.39 is 0 Å². The van der Waals surface area contributed by atoms with E-state index >= 15 is 0 Å². The molecular formula is C20H29NO2. The monoisotopic (exact) mass is 315 g/mol. The molecule has 2 heterocycles. The summed E-state index contributed by atoms with van der Waals surface area (Å²) in [6.45, 7) is 10.2. The summed E-state index contributed by atoms with van der Waals surface area (Å²) in [5, 5.41) is 0. The SMILES string of the molecule is COc1ccc(C2(N3C[C@]4(C)CC3CC(C)(C)C4)COC2)cc1. The maximum absolute atomic E-state index is 5.72. The highest BCUT2D eigenvalue weighted by atomic mass is 16.5. The van der Waals surface area contributed by atoms with Crippen molar-refractivity contribution in [1.29, 1.82) is 0 Å². The first-order valence-corrected chi connectivity index (χ1v) is 8.85. The van der Waals surface area contributed by atoms with Crippen molar-refractivity contribution in [2.24, 2.45) is 10.8 Å². The summed E-state index contributed by atoms with van der Waals surface area (Å²) in [7, 11) is 1.73. The van der Waals surface area contributed by atoms with Gasteiger partial charge in [-0.05, 0) is 47.8 Å². The molecule has 1 aromatic carbocycles. The van der Waals surface area contributed by atoms with E-state index in [4.69, 9.17) is 9.47 Å². The van der Waals surface area contributed by atoms with Crippen molar-refractivity contribution in [2.45, 2.75) is 51.6 Å². The quantitative estimate of drug-likeness (QED) is 0.846. The van der Waals surface area contributed by atoms with E-state index in [1.165, 1.54) is 31.4 Å². The molecule has 1 aliphatic carbocycles. The molecule has 0 spiro atoms. The first-order valence-electron chi connectivity index (χ1n) is 8.85. The third kappa shape index (κ3) is 2.40. The van der Waals surface area contributed by atoms with Crippen molar-refractivity contribution in [3.05, 3.63) is 29.8 Å². The van der Waals surface area contributed by atoms with Crippen LogP contribution >= 0.6 is 0 Å². The Labute approximate surface area is 140 Å². The second-order valence-corrected chi connectivity index (χ2v) is 9.09. The molecule has 2 aliphatic heterocycles. The number of benzene rings is 1. The molecule has 3 fully saturated rings. The number of nitrogens with zero attached hydrogens (tertiary/aromatic N) is 1. The second kappa shape index (κ2) is 4.97. The van der Waals surface area contributed by atoms with Crippen LogP contribution < -0.4 is 4.74 Å². The highest BCUT2D eigenvalue weighted by Crippen LogP contribution is 2.56. The molecule has 1 unspecified atom stereocenters. The van der Waals surface area contributed by atoms with Crippen LogP contribution in [0, 0.1) is 10.8 Å². The summed E-state index contributed by atoms with van der Waals surface area (Å²) in [4.78, 5) is 2.78. The lowest BCUT2D eigenvalue weighted by atomic mass is 9.65. The van der Waals surface area contributed by atoms with Gasteiger partial charge in [-0.15, -0.1) is 0 Å². The number of hydrogen-bond donors (Lipinski definition) is 0. The molecular weight excluding hydrogens is 286 g/mol. The maximum atomic E-state index is 5.72. The fourth-order valence-corrected chi connectivity index (χ4v) is 5.66. The Morgan fingerprint density at radius 1 is 1.09 bits per heavy atom. The molecule has 0 amide bonds. The van der Waals surface area contributed by atoms with E-state index in [9.17, 15) is 0 Å². The van der Waals surface area contributed by atoms with Crippen molar-refractivity contribution in [1.82, 2.24) is 4.90 Å². The van der Waals surface area contributed by atoms with Crippen LogP contribution in [0.2, 0.25) is 0 Å². The first kappa shape index (κ1) is 15.5. The van der Waals surface area contributed by atoms with Crippen LogP contribution in [0.5, 0.6) is 5.75 Å². The fraction of sp³-hybridized carbons (Fsp3) is 0.700. The van der Waals surface area contributed by atoms with E-state index in [2.05, 4.69) is 49.9 Å². The largest absolute Gasteiger partial charge is 0.497 e. The zero-order chi connectivity index (χ0) is 16.3. The van der Waals surface area contributed by atoms with Crippen LogP contribution in [-0.2, 0) is 10.3 Å². The average molecular weight is 315 g/mol. The minimum Gasteiger partial charge on any atom is -0.497 e. The van der Waals surface area contributed by atoms with Gasteiger partial charge >= 0.3 is 0 Å². The van der Waals surface area contributed by atoms with Crippen LogP contribution in [0.4, 0.5) is 0 Å². The highest BCUT2D eigenvalue weighted by Gasteiger charge is 2.57. The molecule has 0 aromatic heterocycles. The van der Waals surface area contributed by atoms with Crippen molar-refractivity contribution in [3.63, 3.8) is 0 Å². The normalized spacial score (nSPS) is 34.9. The van der Waals surface area contributed by atoms with Crippen LogP contribution in [0.3, 0.4) is 0 Å². The van der Waals surface area contributed by atoms with Crippen LogP contribution in [-0.4, -0.2) is 37.8 Å². The van der Waals surface area contributed by atoms with Gasteiger partial charge in [0, 0.05) is 12.6 Å². The van der Waals surface area contributed by atoms with Crippen LogP contribution in [0.25, 0.3) is 0 Å². The number of ether oxygens (including phenoxy) is 2. The Kier molecular flexibility index (Phi) is 3.34. The van der Waals surface area contributed by atoms with Gasteiger partial charge < -0.3 is 9.47 Å². The van der Waals surface area contributed by atoms with E-state index in [0.29, 0.717) is 16.9 Å². The Morgan fingerprint density at radius 3 is 2.35 bits per heavy atom. The zero-order valence-corrected chi connectivity index (χ0v) is 14.9. The number of hydrogen-bond acceptors (Lipinski definition) is 3. The Morgan fingerprint density at radius 2 is 1.78 bits per heavy atom. The molecule has 126 valence electrons. The van der Waals surface area contributed by atoms with E-state index in [1.54, 1.807) is 7.11 Å². The fourth-order valence-electron chi connectivity index (χ4n) is 5.66. The van der Waals surface area contributed by atoms with Gasteiger partial charge in [-0.2, -0.15) is 0 Å². The minimum atomic E-state index is 0.0785. The molecule has 4 rings (SSSR count). The van der Waals surface area contributed by atoms with Gasteiger partial charge in [-0.3, -0.25) is 4.90 Å². The average Bonchev–Trinajstić information content (AvgIpc) is 2.68. The van der Waals surface area contributed by atoms with Crippen LogP contribution in [0.15, 0.2) is 24.3 Å². The first-order chi connectivity index (χ1) is 10.9. The summed E-state index contributed by atoms with van der Waals surface area (Å²) < 4.78 is 11.0. The van der Waals surface area contributed by atoms with Gasteiger partial charge in [0.15, 0.2) is 0 Å². The van der Waals surface area contributed by atoms with Gasteiger partial charge in [-0.25, -0.2) is 0 Å². The molecule has 2 bridgehead atoms. The molecule has 1 aromatic rings. The molecule has 0 radical (unpaired) electrons. The van der Waals surface area contributed by atoms with E-state index in [-0.39, 0.29) is 5.54 Å². The zero-order valence-electron chi connectivity index (χ0n) is 14.9. The Bertz CT molecular complexity index is 590. The standard InChI is InChI=1S/C20H29NO2/c1-18(2)9-16-10-19(3,11-18)12-21(16)20(13-23-14-20)15-5-7-17(22-4)8-6-15/h5-8,16H,9-14H2,1-4H3/t16?,19-/m1/s1. The van der Waals surface area contributed by atoms with Gasteiger partial charge in [0.25, 0.3) is 0 Å². The second-order valence-electron chi connectivity index (χ2n) is 9.09. The predicted octanol–water partition coefficient (Wildman–Crippen LogP) is 3.82. The molecule has 3 heteroatoms. The van der Waals surface area contributed by atoms with Gasteiger partial charge in [0.1, 0.15) is 5.75 Å². The molecule has 23 heavy (non-hydrogen) atoms. The Hall–Kier alpha value is -1.06. The molecule has 1 saturated carbocycles. The van der Waals surface area contributed by atoms with E-state index in [0.717, 1.165) is 19.0 Å². The third-order valence-electron chi connectivity index (χ3n) is 6.27. The van der Waals surface area contributed by atoms with Gasteiger partial charge in [0.05, 0.1) is 25.9 Å². The number of methoxy groups -OCH3 is 1. The summed E-state index contributed by atoms with van der Waals surface area (Å²) in [5.74, 6) is 0.928. The molecule has 3 nitrogen and oxygen atoms in total. The minimum absolute atomic E-state index is 0.0785. The van der Waals surface area contributed by atoms with Crippen molar-refractivity contribution in [3.8, 4) is 5.75 Å².